The predicted molar refractivity (Wildman–Crippen MR) is 106 cm³/mol. The summed E-state index contributed by atoms with van der Waals surface area (Å²) in [6.45, 7) is 9.61. The van der Waals surface area contributed by atoms with Gasteiger partial charge in [-0.25, -0.2) is 9.36 Å². The molecule has 4 nitrogen and oxygen atoms in total. The average Bonchev–Trinajstić information content (AvgIpc) is 2.86. The predicted octanol–water partition coefficient (Wildman–Crippen LogP) is 6.01. The SMILES string of the molecule is CCc1c(-c2ccnc(C)c2)n(C(=O)OC(C)(C)C)c2ccc(Cl)cc12. The quantitative estimate of drug-likeness (QED) is 0.554. The molecule has 0 aliphatic rings. The molecule has 0 radical (unpaired) electrons. The van der Waals surface area contributed by atoms with Crippen LogP contribution in [0.15, 0.2) is 36.5 Å². The average molecular weight is 371 g/mol. The number of carbonyl (C=O) groups is 1. The fraction of sp³-hybridized carbons (Fsp3) is 0.333. The standard InChI is InChI=1S/C21H23ClN2O2/c1-6-16-17-12-15(22)7-8-18(17)24(20(25)26-21(3,4)5)19(16)14-9-10-23-13(2)11-14/h7-12H,6H2,1-5H3. The Hall–Kier alpha value is -2.33. The van der Waals surface area contributed by atoms with Crippen LogP contribution in [0.4, 0.5) is 4.79 Å². The smallest absolute Gasteiger partial charge is 0.419 e. The Kier molecular flexibility index (Phi) is 4.80. The molecular weight excluding hydrogens is 348 g/mol. The largest absolute Gasteiger partial charge is 0.443 e. The molecule has 2 aromatic heterocycles. The lowest BCUT2D eigenvalue weighted by molar-refractivity contribution is 0.0547. The van der Waals surface area contributed by atoms with Crippen LogP contribution >= 0.6 is 11.6 Å². The van der Waals surface area contributed by atoms with Gasteiger partial charge in [-0.1, -0.05) is 18.5 Å². The van der Waals surface area contributed by atoms with Gasteiger partial charge in [0.2, 0.25) is 0 Å². The summed E-state index contributed by atoms with van der Waals surface area (Å²) in [6, 6.07) is 9.48. The molecule has 0 spiro atoms. The van der Waals surface area contributed by atoms with Crippen molar-refractivity contribution < 1.29 is 9.53 Å². The lowest BCUT2D eigenvalue weighted by Crippen LogP contribution is -2.27. The van der Waals surface area contributed by atoms with Crippen molar-refractivity contribution in [3.63, 3.8) is 0 Å². The van der Waals surface area contributed by atoms with Gasteiger partial charge in [0.1, 0.15) is 5.60 Å². The monoisotopic (exact) mass is 370 g/mol. The lowest BCUT2D eigenvalue weighted by Gasteiger charge is -2.21. The number of aromatic nitrogens is 2. The van der Waals surface area contributed by atoms with E-state index in [2.05, 4.69) is 11.9 Å². The van der Waals surface area contributed by atoms with E-state index in [1.165, 1.54) is 0 Å². The van der Waals surface area contributed by atoms with E-state index in [0.717, 1.165) is 39.8 Å². The summed E-state index contributed by atoms with van der Waals surface area (Å²) in [6.07, 6.45) is 2.13. The van der Waals surface area contributed by atoms with Crippen LogP contribution in [-0.4, -0.2) is 21.2 Å². The van der Waals surface area contributed by atoms with Crippen molar-refractivity contribution in [2.75, 3.05) is 0 Å². The molecule has 0 amide bonds. The van der Waals surface area contributed by atoms with Crippen LogP contribution in [0.25, 0.3) is 22.2 Å². The van der Waals surface area contributed by atoms with Crippen LogP contribution in [0, 0.1) is 6.92 Å². The first-order valence-corrected chi connectivity index (χ1v) is 9.08. The fourth-order valence-electron chi connectivity index (χ4n) is 3.18. The zero-order chi connectivity index (χ0) is 19.1. The van der Waals surface area contributed by atoms with Crippen molar-refractivity contribution in [2.45, 2.75) is 46.6 Å². The van der Waals surface area contributed by atoms with E-state index in [0.29, 0.717) is 5.02 Å². The Balaban J connectivity index is 2.36. The minimum Gasteiger partial charge on any atom is -0.443 e. The van der Waals surface area contributed by atoms with Crippen LogP contribution in [0.1, 0.15) is 39.0 Å². The summed E-state index contributed by atoms with van der Waals surface area (Å²) >= 11 is 6.23. The number of benzene rings is 1. The van der Waals surface area contributed by atoms with Gasteiger partial charge < -0.3 is 4.74 Å². The summed E-state index contributed by atoms with van der Waals surface area (Å²) in [7, 11) is 0. The van der Waals surface area contributed by atoms with Gasteiger partial charge in [-0.2, -0.15) is 0 Å². The molecule has 0 N–H and O–H groups in total. The van der Waals surface area contributed by atoms with Crippen LogP contribution in [-0.2, 0) is 11.2 Å². The molecule has 136 valence electrons. The van der Waals surface area contributed by atoms with Gasteiger partial charge in [-0.05, 0) is 70.0 Å². The zero-order valence-corrected chi connectivity index (χ0v) is 16.5. The normalized spacial score (nSPS) is 11.8. The highest BCUT2D eigenvalue weighted by Gasteiger charge is 2.26. The van der Waals surface area contributed by atoms with Crippen molar-refractivity contribution in [3.05, 3.63) is 52.8 Å². The van der Waals surface area contributed by atoms with E-state index in [9.17, 15) is 4.79 Å². The summed E-state index contributed by atoms with van der Waals surface area (Å²) < 4.78 is 7.35. The molecule has 26 heavy (non-hydrogen) atoms. The Labute approximate surface area is 158 Å². The minimum atomic E-state index is -0.585. The molecule has 0 saturated heterocycles. The van der Waals surface area contributed by atoms with Gasteiger partial charge in [0.25, 0.3) is 0 Å². The number of hydrogen-bond donors (Lipinski definition) is 0. The maximum Gasteiger partial charge on any atom is 0.419 e. The Bertz CT molecular complexity index is 984. The van der Waals surface area contributed by atoms with E-state index in [1.807, 2.05) is 52.0 Å². The molecule has 0 bridgehead atoms. The van der Waals surface area contributed by atoms with Gasteiger partial charge in [0.05, 0.1) is 11.2 Å². The number of ether oxygens (including phenoxy) is 1. The van der Waals surface area contributed by atoms with Crippen LogP contribution in [0.2, 0.25) is 5.02 Å². The third-order valence-corrected chi connectivity index (χ3v) is 4.37. The van der Waals surface area contributed by atoms with Crippen molar-refractivity contribution in [3.8, 4) is 11.3 Å². The third kappa shape index (κ3) is 3.47. The zero-order valence-electron chi connectivity index (χ0n) is 15.8. The summed E-state index contributed by atoms with van der Waals surface area (Å²) in [4.78, 5) is 17.3. The van der Waals surface area contributed by atoms with Crippen molar-refractivity contribution in [1.82, 2.24) is 9.55 Å². The highest BCUT2D eigenvalue weighted by atomic mass is 35.5. The van der Waals surface area contributed by atoms with Gasteiger partial charge in [0, 0.05) is 27.9 Å². The molecule has 0 aliphatic heterocycles. The summed E-state index contributed by atoms with van der Waals surface area (Å²) in [5, 5.41) is 1.61. The molecule has 0 aliphatic carbocycles. The van der Waals surface area contributed by atoms with E-state index in [1.54, 1.807) is 16.8 Å². The Morgan fingerprint density at radius 1 is 1.23 bits per heavy atom. The second-order valence-corrected chi connectivity index (χ2v) is 7.78. The first-order chi connectivity index (χ1) is 12.2. The highest BCUT2D eigenvalue weighted by molar-refractivity contribution is 6.31. The van der Waals surface area contributed by atoms with E-state index in [4.69, 9.17) is 16.3 Å². The number of carbonyl (C=O) groups excluding carboxylic acids is 1. The molecule has 3 rings (SSSR count). The maximum atomic E-state index is 13.1. The molecule has 5 heteroatoms. The molecule has 3 aromatic rings. The number of nitrogens with zero attached hydrogens (tertiary/aromatic N) is 2. The summed E-state index contributed by atoms with van der Waals surface area (Å²) in [5.41, 5.74) is 3.95. The first-order valence-electron chi connectivity index (χ1n) is 8.70. The van der Waals surface area contributed by atoms with Crippen LogP contribution in [0.3, 0.4) is 0 Å². The topological polar surface area (TPSA) is 44.1 Å². The highest BCUT2D eigenvalue weighted by Crippen LogP contribution is 2.36. The molecule has 2 heterocycles. The maximum absolute atomic E-state index is 13.1. The van der Waals surface area contributed by atoms with Crippen molar-refractivity contribution >= 4 is 28.6 Å². The molecule has 0 fully saturated rings. The van der Waals surface area contributed by atoms with Gasteiger partial charge in [-0.15, -0.1) is 0 Å². The number of rotatable bonds is 2. The number of fused-ring (bicyclic) bond motifs is 1. The molecule has 0 atom stereocenters. The van der Waals surface area contributed by atoms with Crippen molar-refractivity contribution in [2.24, 2.45) is 0 Å². The van der Waals surface area contributed by atoms with Crippen LogP contribution < -0.4 is 0 Å². The number of aryl methyl sites for hydroxylation is 2. The lowest BCUT2D eigenvalue weighted by atomic mass is 10.0. The van der Waals surface area contributed by atoms with Gasteiger partial charge in [-0.3, -0.25) is 4.98 Å². The van der Waals surface area contributed by atoms with E-state index in [-0.39, 0.29) is 0 Å². The third-order valence-electron chi connectivity index (χ3n) is 4.13. The Morgan fingerprint density at radius 3 is 2.58 bits per heavy atom. The number of hydrogen-bond acceptors (Lipinski definition) is 3. The molecule has 0 saturated carbocycles. The fourth-order valence-corrected chi connectivity index (χ4v) is 3.35. The van der Waals surface area contributed by atoms with E-state index < -0.39 is 11.7 Å². The second kappa shape index (κ2) is 6.76. The summed E-state index contributed by atoms with van der Waals surface area (Å²) in [5.74, 6) is 0. The molecule has 0 unspecified atom stereocenters. The number of halogens is 1. The Morgan fingerprint density at radius 2 is 1.96 bits per heavy atom. The van der Waals surface area contributed by atoms with Gasteiger partial charge >= 0.3 is 6.09 Å². The second-order valence-electron chi connectivity index (χ2n) is 7.34. The van der Waals surface area contributed by atoms with Crippen LogP contribution in [0.5, 0.6) is 0 Å². The minimum absolute atomic E-state index is 0.394. The first kappa shape index (κ1) is 18.5. The van der Waals surface area contributed by atoms with Crippen molar-refractivity contribution in [1.29, 1.82) is 0 Å². The number of pyridine rings is 1. The molecular formula is C21H23ClN2O2. The van der Waals surface area contributed by atoms with E-state index >= 15 is 0 Å². The molecule has 1 aromatic carbocycles. The van der Waals surface area contributed by atoms with Gasteiger partial charge in [0.15, 0.2) is 0 Å².